The molecule has 1 atom stereocenters. The number of hydrogen-bond acceptors (Lipinski definition) is 2. The second-order valence-corrected chi connectivity index (χ2v) is 3.16. The van der Waals surface area contributed by atoms with Crippen LogP contribution in [-0.4, -0.2) is 23.5 Å². The maximum Gasteiger partial charge on any atom is 0.326 e. The van der Waals surface area contributed by atoms with E-state index in [1.165, 1.54) is 6.41 Å². The van der Waals surface area contributed by atoms with Crippen LogP contribution < -0.4 is 5.32 Å². The fourth-order valence-corrected chi connectivity index (χ4v) is 1.28. The van der Waals surface area contributed by atoms with Gasteiger partial charge >= 0.3 is 12.4 Å². The van der Waals surface area contributed by atoms with E-state index in [-0.39, 0.29) is 0 Å². The Labute approximate surface area is 87.9 Å². The van der Waals surface area contributed by atoms with Crippen molar-refractivity contribution in [2.45, 2.75) is 18.9 Å². The number of aryl methyl sites for hydroxylation is 1. The van der Waals surface area contributed by atoms with Gasteiger partial charge in [-0.15, -0.1) is 0 Å². The Balaban J connectivity index is 2.47. The lowest BCUT2D eigenvalue weighted by atomic mass is 10.1. The molecule has 0 saturated carbocycles. The first-order valence-corrected chi connectivity index (χ1v) is 4.63. The molecule has 0 aromatic heterocycles. The van der Waals surface area contributed by atoms with Crippen LogP contribution in [0.25, 0.3) is 0 Å². The van der Waals surface area contributed by atoms with Crippen LogP contribution in [0.5, 0.6) is 0 Å². The summed E-state index contributed by atoms with van der Waals surface area (Å²) in [5.74, 6) is -1.03. The molecular formula is C11H12NO3. The van der Waals surface area contributed by atoms with E-state index in [0.717, 1.165) is 5.56 Å². The van der Waals surface area contributed by atoms with Crippen LogP contribution in [0.3, 0.4) is 0 Å². The first-order chi connectivity index (χ1) is 7.24. The molecule has 4 heteroatoms. The number of aliphatic carboxylic acids is 1. The Bertz CT molecular complexity index is 324. The van der Waals surface area contributed by atoms with Crippen molar-refractivity contribution in [3.05, 3.63) is 35.9 Å². The van der Waals surface area contributed by atoms with E-state index in [2.05, 4.69) is 5.32 Å². The fraction of sp³-hybridized carbons (Fsp3) is 0.273. The molecule has 4 nitrogen and oxygen atoms in total. The minimum absolute atomic E-state index is 0.370. The lowest BCUT2D eigenvalue weighted by molar-refractivity contribution is -0.139. The maximum atomic E-state index is 10.7. The molecule has 1 aromatic rings. The molecule has 2 N–H and O–H groups in total. The van der Waals surface area contributed by atoms with Crippen LogP contribution in [0.2, 0.25) is 0 Å². The van der Waals surface area contributed by atoms with E-state index in [0.29, 0.717) is 12.8 Å². The molecule has 15 heavy (non-hydrogen) atoms. The molecule has 1 aromatic carbocycles. The summed E-state index contributed by atoms with van der Waals surface area (Å²) in [6.07, 6.45) is 2.39. The third kappa shape index (κ3) is 3.81. The molecule has 79 valence electrons. The summed E-state index contributed by atoms with van der Waals surface area (Å²) in [6, 6.07) is 8.67. The number of carbonyl (C=O) groups is 1. The Morgan fingerprint density at radius 3 is 2.60 bits per heavy atom. The first kappa shape index (κ1) is 11.2. The van der Waals surface area contributed by atoms with Crippen LogP contribution in [0.15, 0.2) is 30.3 Å². The second-order valence-electron chi connectivity index (χ2n) is 3.16. The Kier molecular flexibility index (Phi) is 4.34. The molecule has 0 aliphatic heterocycles. The summed E-state index contributed by atoms with van der Waals surface area (Å²) < 4.78 is 0. The number of carbonyl (C=O) groups excluding carboxylic acids is 1. The molecule has 0 saturated heterocycles. The molecule has 1 radical (unpaired) electrons. The van der Waals surface area contributed by atoms with E-state index in [9.17, 15) is 9.59 Å². The predicted molar refractivity (Wildman–Crippen MR) is 55.0 cm³/mol. The van der Waals surface area contributed by atoms with Crippen molar-refractivity contribution in [2.75, 3.05) is 0 Å². The van der Waals surface area contributed by atoms with Gasteiger partial charge in [0.05, 0.1) is 0 Å². The molecule has 0 heterocycles. The Morgan fingerprint density at radius 1 is 1.40 bits per heavy atom. The fourth-order valence-electron chi connectivity index (χ4n) is 1.28. The number of hydrogen-bond donors (Lipinski definition) is 2. The lowest BCUT2D eigenvalue weighted by Crippen LogP contribution is -2.36. The zero-order valence-corrected chi connectivity index (χ0v) is 8.14. The van der Waals surface area contributed by atoms with Gasteiger partial charge in [-0.25, -0.2) is 4.79 Å². The van der Waals surface area contributed by atoms with Crippen LogP contribution in [-0.2, 0) is 16.0 Å². The molecule has 0 aliphatic rings. The van der Waals surface area contributed by atoms with Crippen LogP contribution in [0, 0.1) is 0 Å². The van der Waals surface area contributed by atoms with E-state index in [1.54, 1.807) is 0 Å². The van der Waals surface area contributed by atoms with Crippen LogP contribution in [0.4, 0.5) is 0 Å². The van der Waals surface area contributed by atoms with Gasteiger partial charge in [-0.1, -0.05) is 30.3 Å². The van der Waals surface area contributed by atoms with Gasteiger partial charge in [0, 0.05) is 0 Å². The third-order valence-corrected chi connectivity index (χ3v) is 2.10. The van der Waals surface area contributed by atoms with Crippen molar-refractivity contribution >= 4 is 12.4 Å². The van der Waals surface area contributed by atoms with E-state index < -0.39 is 12.0 Å². The Morgan fingerprint density at radius 2 is 2.07 bits per heavy atom. The highest BCUT2D eigenvalue weighted by Crippen LogP contribution is 2.04. The monoisotopic (exact) mass is 206 g/mol. The summed E-state index contributed by atoms with van der Waals surface area (Å²) in [6.45, 7) is 0. The zero-order chi connectivity index (χ0) is 11.1. The largest absolute Gasteiger partial charge is 0.480 e. The van der Waals surface area contributed by atoms with Crippen LogP contribution in [0.1, 0.15) is 12.0 Å². The third-order valence-electron chi connectivity index (χ3n) is 2.10. The van der Waals surface area contributed by atoms with Crippen molar-refractivity contribution in [3.63, 3.8) is 0 Å². The summed E-state index contributed by atoms with van der Waals surface area (Å²) in [5, 5.41) is 10.9. The Hall–Kier alpha value is -1.84. The molecule has 0 fully saturated rings. The smallest absolute Gasteiger partial charge is 0.326 e. The standard InChI is InChI=1S/C11H12NO3/c13-8-12-10(11(14)15)7-6-9-4-2-1-3-5-9/h1-5,10H,6-7H2,(H,12,13)(H,14,15). The highest BCUT2D eigenvalue weighted by atomic mass is 16.4. The van der Waals surface area contributed by atoms with Crippen LogP contribution >= 0.6 is 0 Å². The minimum atomic E-state index is -1.03. The van der Waals surface area contributed by atoms with Gasteiger partial charge in [-0.05, 0) is 18.4 Å². The number of nitrogens with one attached hydrogen (secondary N) is 1. The van der Waals surface area contributed by atoms with Gasteiger partial charge in [0.1, 0.15) is 6.04 Å². The molecular weight excluding hydrogens is 194 g/mol. The van der Waals surface area contributed by atoms with Gasteiger partial charge in [0.2, 0.25) is 0 Å². The molecule has 0 aliphatic carbocycles. The molecule has 1 rings (SSSR count). The quantitative estimate of drug-likeness (QED) is 0.674. The van der Waals surface area contributed by atoms with Crippen molar-refractivity contribution in [1.82, 2.24) is 5.32 Å². The zero-order valence-electron chi connectivity index (χ0n) is 8.14. The average Bonchev–Trinajstić information content (AvgIpc) is 2.25. The average molecular weight is 206 g/mol. The highest BCUT2D eigenvalue weighted by Gasteiger charge is 2.15. The molecule has 1 unspecified atom stereocenters. The van der Waals surface area contributed by atoms with Gasteiger partial charge in [0.15, 0.2) is 0 Å². The topological polar surface area (TPSA) is 66.4 Å². The number of carboxylic acid groups (broad SMARTS) is 1. The lowest BCUT2D eigenvalue weighted by Gasteiger charge is -2.09. The predicted octanol–water partition coefficient (Wildman–Crippen LogP) is 0.729. The highest BCUT2D eigenvalue weighted by molar-refractivity contribution is 5.76. The number of rotatable bonds is 6. The van der Waals surface area contributed by atoms with E-state index >= 15 is 0 Å². The van der Waals surface area contributed by atoms with Gasteiger partial charge in [-0.2, -0.15) is 0 Å². The summed E-state index contributed by atoms with van der Waals surface area (Å²) in [5.41, 5.74) is 1.05. The van der Waals surface area contributed by atoms with Crippen molar-refractivity contribution in [1.29, 1.82) is 0 Å². The van der Waals surface area contributed by atoms with Gasteiger partial charge in [0.25, 0.3) is 0 Å². The number of amides is 1. The van der Waals surface area contributed by atoms with Crippen molar-refractivity contribution in [2.24, 2.45) is 0 Å². The van der Waals surface area contributed by atoms with Gasteiger partial charge in [-0.3, -0.25) is 4.79 Å². The van der Waals surface area contributed by atoms with E-state index in [4.69, 9.17) is 5.11 Å². The second kappa shape index (κ2) is 5.80. The van der Waals surface area contributed by atoms with Gasteiger partial charge < -0.3 is 10.4 Å². The summed E-state index contributed by atoms with van der Waals surface area (Å²) >= 11 is 0. The normalized spacial score (nSPS) is 11.7. The summed E-state index contributed by atoms with van der Waals surface area (Å²) in [7, 11) is 0. The first-order valence-electron chi connectivity index (χ1n) is 4.63. The number of carboxylic acids is 1. The molecule has 0 spiro atoms. The number of benzene rings is 1. The maximum absolute atomic E-state index is 10.7. The van der Waals surface area contributed by atoms with Crippen molar-refractivity contribution in [3.8, 4) is 0 Å². The SMILES string of the molecule is O=[C]NC(CCc1ccccc1)C(=O)O. The summed E-state index contributed by atoms with van der Waals surface area (Å²) in [4.78, 5) is 20.7. The van der Waals surface area contributed by atoms with Crippen molar-refractivity contribution < 1.29 is 14.7 Å². The van der Waals surface area contributed by atoms with E-state index in [1.807, 2.05) is 30.3 Å². The molecule has 1 amide bonds. The minimum Gasteiger partial charge on any atom is -0.480 e. The molecule has 0 bridgehead atoms.